The molecule has 0 aliphatic rings. The summed E-state index contributed by atoms with van der Waals surface area (Å²) in [6.45, 7) is 1.31. The van der Waals surface area contributed by atoms with Crippen molar-refractivity contribution in [2.45, 2.75) is 13.0 Å². The third kappa shape index (κ3) is 3.51. The molecule has 0 unspecified atom stereocenters. The van der Waals surface area contributed by atoms with Crippen molar-refractivity contribution in [1.82, 2.24) is 25.3 Å². The van der Waals surface area contributed by atoms with Gasteiger partial charge in [-0.3, -0.25) is 14.5 Å². The molecule has 0 spiro atoms. The van der Waals surface area contributed by atoms with Crippen molar-refractivity contribution < 1.29 is 4.79 Å². The van der Waals surface area contributed by atoms with Crippen LogP contribution in [0.25, 0.3) is 0 Å². The first-order valence-electron chi connectivity index (χ1n) is 6.05. The van der Waals surface area contributed by atoms with E-state index < -0.39 is 0 Å². The Balaban J connectivity index is 1.81. The maximum absolute atomic E-state index is 12.0. The maximum Gasteiger partial charge on any atom is 0.254 e. The first-order chi connectivity index (χ1) is 9.31. The Hall–Kier alpha value is -2.44. The minimum atomic E-state index is -0.129. The monoisotopic (exact) mass is 260 g/mol. The first-order valence-corrected chi connectivity index (χ1v) is 6.05. The van der Waals surface area contributed by atoms with E-state index in [0.29, 0.717) is 12.1 Å². The van der Waals surface area contributed by atoms with E-state index in [1.54, 1.807) is 42.6 Å². The van der Waals surface area contributed by atoms with Gasteiger partial charge in [-0.2, -0.15) is 0 Å². The zero-order valence-corrected chi connectivity index (χ0v) is 10.7. The Bertz CT molecular complexity index is 525. The molecule has 0 fully saturated rings. The molecular formula is C12H16N6O. The fraction of sp³-hybridized carbons (Fsp3) is 0.333. The molecule has 2 heterocycles. The van der Waals surface area contributed by atoms with E-state index in [1.807, 2.05) is 0 Å². The van der Waals surface area contributed by atoms with Crippen LogP contribution in [0.4, 0.5) is 5.69 Å². The number of anilines is 1. The number of rotatable bonds is 6. The van der Waals surface area contributed by atoms with Crippen molar-refractivity contribution >= 4 is 11.6 Å². The molecule has 2 rings (SSSR count). The summed E-state index contributed by atoms with van der Waals surface area (Å²) in [5.74, 6) is -0.129. The molecule has 0 aliphatic carbocycles. The second-order valence-corrected chi connectivity index (χ2v) is 3.95. The number of carbonyl (C=O) groups excluding carboxylic acids is 1. The lowest BCUT2D eigenvalue weighted by molar-refractivity contribution is 0.0953. The molecule has 0 aromatic carbocycles. The average molecular weight is 260 g/mol. The normalized spacial score (nSPS) is 10.2. The maximum atomic E-state index is 12.0. The number of nitrogens with zero attached hydrogens (tertiary/aromatic N) is 4. The highest BCUT2D eigenvalue weighted by Gasteiger charge is 2.09. The summed E-state index contributed by atoms with van der Waals surface area (Å²) in [4.78, 5) is 15.9. The zero-order chi connectivity index (χ0) is 13.5. The van der Waals surface area contributed by atoms with Crippen molar-refractivity contribution in [1.29, 1.82) is 0 Å². The molecule has 7 heteroatoms. The smallest absolute Gasteiger partial charge is 0.254 e. The van der Waals surface area contributed by atoms with Gasteiger partial charge < -0.3 is 10.6 Å². The molecule has 0 aliphatic heterocycles. The van der Waals surface area contributed by atoms with E-state index in [4.69, 9.17) is 0 Å². The number of aromatic nitrogens is 4. The highest BCUT2D eigenvalue weighted by molar-refractivity contribution is 5.99. The summed E-state index contributed by atoms with van der Waals surface area (Å²) in [6, 6.07) is 1.77. The highest BCUT2D eigenvalue weighted by Crippen LogP contribution is 2.11. The van der Waals surface area contributed by atoms with Gasteiger partial charge in [-0.15, -0.1) is 5.10 Å². The summed E-state index contributed by atoms with van der Waals surface area (Å²) in [5.41, 5.74) is 1.31. The number of nitrogens with one attached hydrogen (secondary N) is 2. The molecule has 2 aromatic heterocycles. The molecule has 0 atom stereocenters. The molecule has 19 heavy (non-hydrogen) atoms. The first kappa shape index (κ1) is 13.0. The number of aryl methyl sites for hydroxylation is 1. The van der Waals surface area contributed by atoms with E-state index in [-0.39, 0.29) is 5.91 Å². The van der Waals surface area contributed by atoms with Gasteiger partial charge in [0.15, 0.2) is 0 Å². The summed E-state index contributed by atoms with van der Waals surface area (Å²) in [6.07, 6.45) is 7.42. The van der Waals surface area contributed by atoms with Gasteiger partial charge in [0.2, 0.25) is 0 Å². The van der Waals surface area contributed by atoms with Gasteiger partial charge in [-0.05, 0) is 12.5 Å². The molecule has 0 saturated carbocycles. The summed E-state index contributed by atoms with van der Waals surface area (Å²) < 4.78 is 1.73. The van der Waals surface area contributed by atoms with Crippen LogP contribution in [-0.2, 0) is 6.54 Å². The van der Waals surface area contributed by atoms with E-state index in [1.165, 1.54) is 0 Å². The third-order valence-electron chi connectivity index (χ3n) is 2.66. The van der Waals surface area contributed by atoms with Crippen molar-refractivity contribution in [3.63, 3.8) is 0 Å². The minimum Gasteiger partial charge on any atom is -0.387 e. The fourth-order valence-electron chi connectivity index (χ4n) is 1.68. The molecule has 1 amide bonds. The quantitative estimate of drug-likeness (QED) is 0.740. The summed E-state index contributed by atoms with van der Waals surface area (Å²) in [7, 11) is 1.77. The van der Waals surface area contributed by atoms with Crippen LogP contribution in [0, 0.1) is 0 Å². The average Bonchev–Trinajstić information content (AvgIpc) is 2.96. The number of carbonyl (C=O) groups is 1. The molecule has 2 aromatic rings. The van der Waals surface area contributed by atoms with E-state index in [2.05, 4.69) is 25.9 Å². The number of hydrogen-bond donors (Lipinski definition) is 2. The van der Waals surface area contributed by atoms with Gasteiger partial charge in [0.1, 0.15) is 0 Å². The van der Waals surface area contributed by atoms with Gasteiger partial charge >= 0.3 is 0 Å². The van der Waals surface area contributed by atoms with Crippen molar-refractivity contribution in [3.8, 4) is 0 Å². The Labute approximate surface area is 111 Å². The van der Waals surface area contributed by atoms with Gasteiger partial charge in [0.05, 0.1) is 11.8 Å². The van der Waals surface area contributed by atoms with Crippen LogP contribution in [0.5, 0.6) is 0 Å². The van der Waals surface area contributed by atoms with Crippen LogP contribution in [-0.4, -0.2) is 39.5 Å². The minimum absolute atomic E-state index is 0.129. The van der Waals surface area contributed by atoms with Gasteiger partial charge in [-0.25, -0.2) is 0 Å². The zero-order valence-electron chi connectivity index (χ0n) is 10.7. The van der Waals surface area contributed by atoms with Crippen LogP contribution in [0.3, 0.4) is 0 Å². The third-order valence-corrected chi connectivity index (χ3v) is 2.66. The van der Waals surface area contributed by atoms with E-state index in [9.17, 15) is 4.79 Å². The van der Waals surface area contributed by atoms with Crippen LogP contribution in [0.2, 0.25) is 0 Å². The molecule has 0 saturated heterocycles. The molecule has 2 N–H and O–H groups in total. The molecule has 0 bridgehead atoms. The Kier molecular flexibility index (Phi) is 4.44. The van der Waals surface area contributed by atoms with Gasteiger partial charge in [0, 0.05) is 44.4 Å². The molecule has 0 radical (unpaired) electrons. The van der Waals surface area contributed by atoms with Crippen LogP contribution < -0.4 is 10.6 Å². The summed E-state index contributed by atoms with van der Waals surface area (Å²) in [5, 5.41) is 13.4. The van der Waals surface area contributed by atoms with Crippen molar-refractivity contribution in [2.24, 2.45) is 0 Å². The van der Waals surface area contributed by atoms with Crippen LogP contribution in [0.1, 0.15) is 16.8 Å². The number of pyridine rings is 1. The summed E-state index contributed by atoms with van der Waals surface area (Å²) >= 11 is 0. The molecule has 100 valence electrons. The Morgan fingerprint density at radius 1 is 1.42 bits per heavy atom. The SMILES string of the molecule is CNc1ccncc1C(=O)NCCCn1ccnn1. The lowest BCUT2D eigenvalue weighted by Crippen LogP contribution is -2.26. The second-order valence-electron chi connectivity index (χ2n) is 3.95. The van der Waals surface area contributed by atoms with E-state index in [0.717, 1.165) is 18.7 Å². The predicted molar refractivity (Wildman–Crippen MR) is 70.8 cm³/mol. The standard InChI is InChI=1S/C12H16N6O/c1-13-11-3-5-14-9-10(11)12(19)15-4-2-7-18-8-6-16-17-18/h3,5-6,8-9H,2,4,7H2,1H3,(H,13,14)(H,15,19). The largest absolute Gasteiger partial charge is 0.387 e. The fourth-order valence-corrected chi connectivity index (χ4v) is 1.68. The van der Waals surface area contributed by atoms with Crippen molar-refractivity contribution in [3.05, 3.63) is 36.4 Å². The number of hydrogen-bond acceptors (Lipinski definition) is 5. The lowest BCUT2D eigenvalue weighted by atomic mass is 10.2. The predicted octanol–water partition coefficient (Wildman–Crippen LogP) is 0.535. The lowest BCUT2D eigenvalue weighted by Gasteiger charge is -2.08. The topological polar surface area (TPSA) is 84.7 Å². The van der Waals surface area contributed by atoms with Crippen LogP contribution in [0.15, 0.2) is 30.9 Å². The molecular weight excluding hydrogens is 244 g/mol. The molecule has 7 nitrogen and oxygen atoms in total. The Morgan fingerprint density at radius 2 is 2.32 bits per heavy atom. The number of amides is 1. The second kappa shape index (κ2) is 6.48. The Morgan fingerprint density at radius 3 is 3.05 bits per heavy atom. The van der Waals surface area contributed by atoms with Crippen LogP contribution >= 0.6 is 0 Å². The van der Waals surface area contributed by atoms with Crippen molar-refractivity contribution in [2.75, 3.05) is 18.9 Å². The van der Waals surface area contributed by atoms with Gasteiger partial charge in [-0.1, -0.05) is 5.21 Å². The van der Waals surface area contributed by atoms with Gasteiger partial charge in [0.25, 0.3) is 5.91 Å². The van der Waals surface area contributed by atoms with E-state index >= 15 is 0 Å². The highest BCUT2D eigenvalue weighted by atomic mass is 16.1.